The number of sulfonamides is 1. The van der Waals surface area contributed by atoms with Crippen LogP contribution in [0.1, 0.15) is 0 Å². The molecule has 1 heterocycles. The maximum Gasteiger partial charge on any atom is 0.265 e. The van der Waals surface area contributed by atoms with Gasteiger partial charge in [0.1, 0.15) is 0 Å². The molecule has 2 aromatic rings. The van der Waals surface area contributed by atoms with Crippen LogP contribution in [0.3, 0.4) is 0 Å². The van der Waals surface area contributed by atoms with Crippen molar-refractivity contribution in [2.45, 2.75) is 4.90 Å². The van der Waals surface area contributed by atoms with E-state index in [1.165, 1.54) is 22.7 Å². The van der Waals surface area contributed by atoms with Crippen molar-refractivity contribution in [1.29, 1.82) is 0 Å². The van der Waals surface area contributed by atoms with Crippen LogP contribution in [0.4, 0.5) is 10.8 Å². The molecule has 112 valence electrons. The summed E-state index contributed by atoms with van der Waals surface area (Å²) >= 11 is 1.27. The Kier molecular flexibility index (Phi) is 4.59. The first kappa shape index (κ1) is 15.5. The van der Waals surface area contributed by atoms with Crippen LogP contribution >= 0.6 is 11.3 Å². The van der Waals surface area contributed by atoms with Crippen molar-refractivity contribution in [1.82, 2.24) is 9.88 Å². The Morgan fingerprint density at radius 2 is 1.86 bits per heavy atom. The minimum Gasteiger partial charge on any atom is -0.369 e. The highest BCUT2D eigenvalue weighted by Crippen LogP contribution is 2.25. The standard InChI is InChI=1S/C13H16N4O2S2/c1-16(2)10-15-11-4-6-12(7-5-11)21(18,19)17(3)13-14-8-9-20-13/h4-10H,1-3H3. The van der Waals surface area contributed by atoms with Gasteiger partial charge in [0.25, 0.3) is 10.0 Å². The summed E-state index contributed by atoms with van der Waals surface area (Å²) in [6, 6.07) is 6.43. The van der Waals surface area contributed by atoms with Gasteiger partial charge in [-0.3, -0.25) is 0 Å². The van der Waals surface area contributed by atoms with Crippen molar-refractivity contribution < 1.29 is 8.42 Å². The van der Waals surface area contributed by atoms with Gasteiger partial charge in [0.05, 0.1) is 16.9 Å². The lowest BCUT2D eigenvalue weighted by molar-refractivity contribution is 0.594. The molecule has 0 aliphatic carbocycles. The van der Waals surface area contributed by atoms with Gasteiger partial charge in [-0.15, -0.1) is 11.3 Å². The highest BCUT2D eigenvalue weighted by Gasteiger charge is 2.22. The third kappa shape index (κ3) is 3.59. The first-order chi connectivity index (χ1) is 9.91. The van der Waals surface area contributed by atoms with Gasteiger partial charge in [0, 0.05) is 32.7 Å². The number of aromatic nitrogens is 1. The van der Waals surface area contributed by atoms with Crippen molar-refractivity contribution in [2.75, 3.05) is 25.4 Å². The zero-order chi connectivity index (χ0) is 15.5. The summed E-state index contributed by atoms with van der Waals surface area (Å²) in [7, 11) is 1.63. The minimum absolute atomic E-state index is 0.212. The van der Waals surface area contributed by atoms with Crippen molar-refractivity contribution in [3.63, 3.8) is 0 Å². The van der Waals surface area contributed by atoms with Crippen molar-refractivity contribution >= 4 is 38.5 Å². The molecule has 0 N–H and O–H groups in total. The number of benzene rings is 1. The second-order valence-corrected chi connectivity index (χ2v) is 7.33. The lowest BCUT2D eigenvalue weighted by atomic mass is 10.3. The van der Waals surface area contributed by atoms with E-state index >= 15 is 0 Å². The predicted molar refractivity (Wildman–Crippen MR) is 86.0 cm³/mol. The molecule has 0 bridgehead atoms. The predicted octanol–water partition coefficient (Wildman–Crippen LogP) is 2.19. The van der Waals surface area contributed by atoms with E-state index in [-0.39, 0.29) is 4.90 Å². The maximum atomic E-state index is 12.5. The van der Waals surface area contributed by atoms with Crippen molar-refractivity contribution in [2.24, 2.45) is 4.99 Å². The van der Waals surface area contributed by atoms with E-state index < -0.39 is 10.0 Å². The Hall–Kier alpha value is -1.93. The molecule has 0 fully saturated rings. The fraction of sp³-hybridized carbons (Fsp3) is 0.231. The Morgan fingerprint density at radius 1 is 1.19 bits per heavy atom. The van der Waals surface area contributed by atoms with Crippen LogP contribution in [0.25, 0.3) is 0 Å². The van der Waals surface area contributed by atoms with Gasteiger partial charge in [-0.25, -0.2) is 22.7 Å². The van der Waals surface area contributed by atoms with Gasteiger partial charge >= 0.3 is 0 Å². The highest BCUT2D eigenvalue weighted by atomic mass is 32.2. The van der Waals surface area contributed by atoms with Crippen molar-refractivity contribution in [3.05, 3.63) is 35.8 Å². The summed E-state index contributed by atoms with van der Waals surface area (Å²) in [5, 5.41) is 2.17. The summed E-state index contributed by atoms with van der Waals surface area (Å²) < 4.78 is 26.1. The van der Waals surface area contributed by atoms with E-state index in [1.807, 2.05) is 14.1 Å². The van der Waals surface area contributed by atoms with Gasteiger partial charge in [-0.2, -0.15) is 0 Å². The maximum absolute atomic E-state index is 12.5. The first-order valence-corrected chi connectivity index (χ1v) is 8.42. The minimum atomic E-state index is -3.59. The van der Waals surface area contributed by atoms with E-state index in [0.29, 0.717) is 10.8 Å². The number of nitrogens with zero attached hydrogens (tertiary/aromatic N) is 4. The number of rotatable bonds is 5. The van der Waals surface area contributed by atoms with Gasteiger partial charge in [-0.05, 0) is 24.3 Å². The van der Waals surface area contributed by atoms with Crippen LogP contribution in [0.2, 0.25) is 0 Å². The Morgan fingerprint density at radius 3 is 2.38 bits per heavy atom. The molecule has 21 heavy (non-hydrogen) atoms. The zero-order valence-corrected chi connectivity index (χ0v) is 13.6. The Bertz CT molecular complexity index is 707. The van der Waals surface area contributed by atoms with E-state index in [9.17, 15) is 8.42 Å². The average molecular weight is 324 g/mol. The molecule has 2 rings (SSSR count). The SMILES string of the molecule is CN(C)C=Nc1ccc(S(=O)(=O)N(C)c2nccs2)cc1. The van der Waals surface area contributed by atoms with Crippen LogP contribution in [-0.4, -0.2) is 45.8 Å². The van der Waals surface area contributed by atoms with Crippen LogP contribution in [0.15, 0.2) is 45.7 Å². The zero-order valence-electron chi connectivity index (χ0n) is 12.0. The van der Waals surface area contributed by atoms with E-state index in [2.05, 4.69) is 9.98 Å². The van der Waals surface area contributed by atoms with Crippen molar-refractivity contribution in [3.8, 4) is 0 Å². The lowest BCUT2D eigenvalue weighted by Crippen LogP contribution is -2.26. The smallest absolute Gasteiger partial charge is 0.265 e. The molecule has 0 saturated carbocycles. The van der Waals surface area contributed by atoms with E-state index in [1.54, 1.807) is 47.1 Å². The molecule has 0 aliphatic heterocycles. The normalized spacial score (nSPS) is 11.8. The van der Waals surface area contributed by atoms with Crippen LogP contribution in [-0.2, 0) is 10.0 Å². The monoisotopic (exact) mass is 324 g/mol. The molecule has 0 radical (unpaired) electrons. The molecule has 0 spiro atoms. The second kappa shape index (κ2) is 6.23. The van der Waals surface area contributed by atoms with Gasteiger partial charge < -0.3 is 4.90 Å². The van der Waals surface area contributed by atoms with Gasteiger partial charge in [0.2, 0.25) is 0 Å². The molecule has 0 atom stereocenters. The quantitative estimate of drug-likeness (QED) is 0.624. The summed E-state index contributed by atoms with van der Waals surface area (Å²) in [5.74, 6) is 0. The largest absolute Gasteiger partial charge is 0.369 e. The fourth-order valence-corrected chi connectivity index (χ4v) is 3.50. The molecule has 8 heteroatoms. The average Bonchev–Trinajstić information content (AvgIpc) is 2.98. The highest BCUT2D eigenvalue weighted by molar-refractivity contribution is 7.93. The molecule has 6 nitrogen and oxygen atoms in total. The third-order valence-electron chi connectivity index (χ3n) is 2.62. The van der Waals surface area contributed by atoms with E-state index in [4.69, 9.17) is 0 Å². The molecule has 1 aromatic carbocycles. The molecule has 1 aromatic heterocycles. The second-order valence-electron chi connectivity index (χ2n) is 4.49. The first-order valence-electron chi connectivity index (χ1n) is 6.10. The summed E-state index contributed by atoms with van der Waals surface area (Å²) in [6.45, 7) is 0. The van der Waals surface area contributed by atoms with E-state index in [0.717, 1.165) is 0 Å². The number of thiazole rings is 1. The molecular formula is C13H16N4O2S2. The van der Waals surface area contributed by atoms with Crippen LogP contribution < -0.4 is 4.31 Å². The number of aliphatic imine (C=N–C) groups is 1. The fourth-order valence-electron chi connectivity index (χ4n) is 1.52. The Labute approximate surface area is 128 Å². The topological polar surface area (TPSA) is 65.9 Å². The Balaban J connectivity index is 2.25. The number of anilines is 1. The summed E-state index contributed by atoms with van der Waals surface area (Å²) in [5.41, 5.74) is 0.694. The third-order valence-corrected chi connectivity index (χ3v) is 5.35. The summed E-state index contributed by atoms with van der Waals surface area (Å²) in [6.07, 6.45) is 3.23. The molecular weight excluding hydrogens is 308 g/mol. The lowest BCUT2D eigenvalue weighted by Gasteiger charge is -2.16. The van der Waals surface area contributed by atoms with Gasteiger partial charge in [0.15, 0.2) is 5.13 Å². The summed E-state index contributed by atoms with van der Waals surface area (Å²) in [4.78, 5) is 10.2. The number of hydrogen-bond donors (Lipinski definition) is 0. The molecule has 0 aliphatic rings. The molecule has 0 saturated heterocycles. The molecule has 0 unspecified atom stereocenters. The molecule has 0 amide bonds. The van der Waals surface area contributed by atoms with Crippen LogP contribution in [0.5, 0.6) is 0 Å². The van der Waals surface area contributed by atoms with Gasteiger partial charge in [-0.1, -0.05) is 0 Å². The van der Waals surface area contributed by atoms with Crippen LogP contribution in [0, 0.1) is 0 Å². The number of hydrogen-bond acceptors (Lipinski definition) is 5.